The van der Waals surface area contributed by atoms with Crippen LogP contribution in [0.3, 0.4) is 0 Å². The van der Waals surface area contributed by atoms with Crippen LogP contribution in [0, 0.1) is 18.3 Å². The SMILES string of the molecule is CC(C)c1ccc(Cl)c(O)c1.CC(C)c1ccc2cccnc2c1.CC(C)c1ccccc1C#N.CC(C)c1cn[nH]c1C(C)C.COc1ccc(C)cc1C(C)C. The van der Waals surface area contributed by atoms with Gasteiger partial charge in [-0.1, -0.05) is 155 Å². The van der Waals surface area contributed by atoms with Crippen LogP contribution in [0.2, 0.25) is 5.02 Å². The van der Waals surface area contributed by atoms with Gasteiger partial charge in [0.1, 0.15) is 11.5 Å². The van der Waals surface area contributed by atoms with Crippen molar-refractivity contribution >= 4 is 22.5 Å². The van der Waals surface area contributed by atoms with E-state index in [0.29, 0.717) is 40.5 Å². The number of H-pyrrole nitrogens is 1. The number of ether oxygens (including phenoxy) is 1. The van der Waals surface area contributed by atoms with Crippen LogP contribution >= 0.6 is 11.6 Å². The highest BCUT2D eigenvalue weighted by atomic mass is 35.5. The lowest BCUT2D eigenvalue weighted by Crippen LogP contribution is -1.95. The van der Waals surface area contributed by atoms with Crippen LogP contribution in [0.4, 0.5) is 0 Å². The average molecular weight is 804 g/mol. The monoisotopic (exact) mass is 802 g/mol. The summed E-state index contributed by atoms with van der Waals surface area (Å²) in [6, 6.07) is 32.1. The number of methoxy groups -OCH3 is 1. The fourth-order valence-corrected chi connectivity index (χ4v) is 6.08. The largest absolute Gasteiger partial charge is 0.506 e. The number of pyridine rings is 1. The first-order chi connectivity index (χ1) is 27.4. The van der Waals surface area contributed by atoms with E-state index >= 15 is 0 Å². The smallest absolute Gasteiger partial charge is 0.134 e. The van der Waals surface area contributed by atoms with Crippen molar-refractivity contribution in [2.45, 2.75) is 126 Å². The van der Waals surface area contributed by atoms with Gasteiger partial charge in [0, 0.05) is 17.3 Å². The number of aromatic amines is 1. The Kier molecular flexibility index (Phi) is 20.8. The number of aromatic hydroxyl groups is 1. The number of nitrogens with zero attached hydrogens (tertiary/aromatic N) is 3. The number of aromatic nitrogens is 3. The Hall–Kier alpha value is -5.12. The van der Waals surface area contributed by atoms with Crippen LogP contribution in [0.1, 0.15) is 163 Å². The molecule has 4 aromatic carbocycles. The number of nitrogens with one attached hydrogen (secondary N) is 1. The molecule has 0 radical (unpaired) electrons. The van der Waals surface area contributed by atoms with Gasteiger partial charge in [-0.3, -0.25) is 10.1 Å². The Balaban J connectivity index is 0.000000251. The Bertz CT molecular complexity index is 2140. The molecular formula is C51H67ClN4O2. The van der Waals surface area contributed by atoms with Crippen LogP contribution in [-0.2, 0) is 0 Å². The van der Waals surface area contributed by atoms with Gasteiger partial charge < -0.3 is 9.84 Å². The third-order valence-electron chi connectivity index (χ3n) is 9.54. The number of phenolic OH excluding ortho intramolecular Hbond substituents is 1. The van der Waals surface area contributed by atoms with Crippen LogP contribution in [-0.4, -0.2) is 27.4 Å². The molecule has 0 aliphatic heterocycles. The number of halogens is 1. The third kappa shape index (κ3) is 15.7. The molecule has 2 aromatic heterocycles. The summed E-state index contributed by atoms with van der Waals surface area (Å²) in [5.41, 5.74) is 10.7. The van der Waals surface area contributed by atoms with Crippen LogP contribution in [0.15, 0.2) is 103 Å². The quantitative estimate of drug-likeness (QED) is 0.168. The molecule has 0 fully saturated rings. The lowest BCUT2D eigenvalue weighted by molar-refractivity contribution is 0.407. The number of hydrogen-bond donors (Lipinski definition) is 2. The van der Waals surface area contributed by atoms with Crippen LogP contribution in [0.25, 0.3) is 10.9 Å². The lowest BCUT2D eigenvalue weighted by atomic mass is 9.98. The molecule has 58 heavy (non-hydrogen) atoms. The molecule has 0 unspecified atom stereocenters. The Labute approximate surface area is 354 Å². The molecule has 6 rings (SSSR count). The summed E-state index contributed by atoms with van der Waals surface area (Å²) in [5, 5.41) is 26.6. The molecule has 0 saturated carbocycles. The highest BCUT2D eigenvalue weighted by Gasteiger charge is 2.11. The summed E-state index contributed by atoms with van der Waals surface area (Å²) < 4.78 is 5.26. The second-order valence-corrected chi connectivity index (χ2v) is 16.7. The van der Waals surface area contributed by atoms with Gasteiger partial charge in [0.15, 0.2) is 0 Å². The number of hydrogen-bond acceptors (Lipinski definition) is 5. The molecule has 6 aromatic rings. The molecule has 310 valence electrons. The third-order valence-corrected chi connectivity index (χ3v) is 9.86. The minimum absolute atomic E-state index is 0.165. The van der Waals surface area contributed by atoms with Gasteiger partial charge in [-0.05, 0) is 107 Å². The number of rotatable bonds is 7. The van der Waals surface area contributed by atoms with E-state index in [0.717, 1.165) is 28.0 Å². The van der Waals surface area contributed by atoms with Gasteiger partial charge in [-0.15, -0.1) is 0 Å². The van der Waals surface area contributed by atoms with E-state index in [4.69, 9.17) is 21.6 Å². The zero-order chi connectivity index (χ0) is 43.5. The van der Waals surface area contributed by atoms with Gasteiger partial charge in [-0.2, -0.15) is 10.4 Å². The number of phenols is 1. The molecule has 0 bridgehead atoms. The second-order valence-electron chi connectivity index (χ2n) is 16.3. The molecule has 2 N–H and O–H groups in total. The minimum Gasteiger partial charge on any atom is -0.506 e. The Morgan fingerprint density at radius 1 is 0.655 bits per heavy atom. The van der Waals surface area contributed by atoms with Crippen molar-refractivity contribution in [2.75, 3.05) is 7.11 Å². The Morgan fingerprint density at radius 3 is 1.78 bits per heavy atom. The summed E-state index contributed by atoms with van der Waals surface area (Å²) in [4.78, 5) is 4.32. The normalized spacial score (nSPS) is 10.6. The van der Waals surface area contributed by atoms with E-state index in [1.807, 2.05) is 54.9 Å². The number of fused-ring (bicyclic) bond motifs is 1. The molecule has 7 heteroatoms. The molecule has 2 heterocycles. The fourth-order valence-electron chi connectivity index (χ4n) is 5.97. The average Bonchev–Trinajstić information content (AvgIpc) is 3.71. The molecule has 0 aliphatic carbocycles. The van der Waals surface area contributed by atoms with Crippen LogP contribution in [0.5, 0.6) is 11.5 Å². The maximum Gasteiger partial charge on any atom is 0.134 e. The zero-order valence-electron chi connectivity index (χ0n) is 37.4. The van der Waals surface area contributed by atoms with E-state index in [1.54, 1.807) is 19.2 Å². The number of nitriles is 1. The van der Waals surface area contributed by atoms with Crippen molar-refractivity contribution in [1.82, 2.24) is 15.2 Å². The van der Waals surface area contributed by atoms with E-state index in [1.165, 1.54) is 33.3 Å². The van der Waals surface area contributed by atoms with Crippen molar-refractivity contribution in [2.24, 2.45) is 0 Å². The summed E-state index contributed by atoms with van der Waals surface area (Å²) in [6.45, 7) is 27.9. The first-order valence-electron chi connectivity index (χ1n) is 20.4. The zero-order valence-corrected chi connectivity index (χ0v) is 38.1. The number of benzene rings is 4. The second kappa shape index (κ2) is 24.6. The lowest BCUT2D eigenvalue weighted by Gasteiger charge is -2.11. The highest BCUT2D eigenvalue weighted by molar-refractivity contribution is 6.32. The predicted octanol–water partition coefficient (Wildman–Crippen LogP) is 15.0. The van der Waals surface area contributed by atoms with Gasteiger partial charge in [0.2, 0.25) is 0 Å². The van der Waals surface area contributed by atoms with Gasteiger partial charge in [-0.25, -0.2) is 0 Å². The summed E-state index contributed by atoms with van der Waals surface area (Å²) >= 11 is 5.64. The molecule has 0 aliphatic rings. The highest BCUT2D eigenvalue weighted by Crippen LogP contribution is 2.28. The summed E-state index contributed by atoms with van der Waals surface area (Å²) in [5.74, 6) is 4.25. The van der Waals surface area contributed by atoms with Gasteiger partial charge in [0.25, 0.3) is 0 Å². The molecular weight excluding hydrogens is 736 g/mol. The molecule has 0 amide bonds. The predicted molar refractivity (Wildman–Crippen MR) is 247 cm³/mol. The maximum absolute atomic E-state index is 9.22. The molecule has 0 spiro atoms. The maximum atomic E-state index is 9.22. The molecule has 0 atom stereocenters. The number of aryl methyl sites for hydroxylation is 1. The fraction of sp³-hybridized carbons (Fsp3) is 0.392. The van der Waals surface area contributed by atoms with Crippen molar-refractivity contribution in [3.8, 4) is 17.6 Å². The topological polar surface area (TPSA) is 94.8 Å². The van der Waals surface area contributed by atoms with Crippen molar-refractivity contribution in [3.63, 3.8) is 0 Å². The van der Waals surface area contributed by atoms with Crippen molar-refractivity contribution < 1.29 is 9.84 Å². The molecule has 6 nitrogen and oxygen atoms in total. The van der Waals surface area contributed by atoms with Gasteiger partial charge >= 0.3 is 0 Å². The Morgan fingerprint density at radius 2 is 1.26 bits per heavy atom. The van der Waals surface area contributed by atoms with Gasteiger partial charge in [0.05, 0.1) is 35.5 Å². The van der Waals surface area contributed by atoms with Crippen molar-refractivity contribution in [3.05, 3.63) is 153 Å². The minimum atomic E-state index is 0.165. The van der Waals surface area contributed by atoms with Crippen molar-refractivity contribution in [1.29, 1.82) is 5.26 Å². The first kappa shape index (κ1) is 49.0. The summed E-state index contributed by atoms with van der Waals surface area (Å²) in [6.07, 6.45) is 3.77. The van der Waals surface area contributed by atoms with E-state index < -0.39 is 0 Å². The van der Waals surface area contributed by atoms with Crippen LogP contribution < -0.4 is 4.74 Å². The standard InChI is InChI=1S/C12H13N.C11H16O.C10H11N.C9H11ClO.C9H16N2/c1-9(2)11-6-5-10-4-3-7-13-12(10)8-11;1-8(2)10-7-9(3)5-6-11(10)12-4;1-8(2)10-6-4-3-5-9(10)7-11;1-6(2)7-3-4-8(10)9(11)5-7;1-6(2)8-5-10-11-9(8)7(3)4/h3-9H,1-2H3;5-8H,1-4H3;3-6,8H,1-2H3;3-6,11H,1-2H3;5-7H,1-4H3,(H,10,11). The summed E-state index contributed by atoms with van der Waals surface area (Å²) in [7, 11) is 1.72. The van der Waals surface area contributed by atoms with E-state index in [2.05, 4.69) is 148 Å². The first-order valence-corrected chi connectivity index (χ1v) is 20.8. The molecule has 0 saturated heterocycles. The van der Waals surface area contributed by atoms with E-state index in [9.17, 15) is 5.11 Å². The van der Waals surface area contributed by atoms with E-state index in [-0.39, 0.29) is 5.75 Å².